The van der Waals surface area contributed by atoms with Gasteiger partial charge in [0, 0.05) is 5.57 Å². The minimum atomic E-state index is -0.351. The second-order valence-electron chi connectivity index (χ2n) is 3.25. The highest BCUT2D eigenvalue weighted by Crippen LogP contribution is 2.19. The summed E-state index contributed by atoms with van der Waals surface area (Å²) in [5, 5.41) is 0. The lowest BCUT2D eigenvalue weighted by molar-refractivity contribution is -0.115. The molecule has 0 rings (SSSR count). The highest BCUT2D eigenvalue weighted by atomic mass is 16.1. The monoisotopic (exact) mass is 167 g/mol. The summed E-state index contributed by atoms with van der Waals surface area (Å²) in [6.45, 7) is 9.65. The Kier molecular flexibility index (Phi) is 4.34. The fraction of sp³-hybridized carbons (Fsp3) is 0.500. The Morgan fingerprint density at radius 1 is 1.42 bits per heavy atom. The van der Waals surface area contributed by atoms with Gasteiger partial charge in [-0.05, 0) is 11.8 Å². The molecule has 12 heavy (non-hydrogen) atoms. The molecule has 0 aromatic carbocycles. The summed E-state index contributed by atoms with van der Waals surface area (Å²) in [6, 6.07) is 0. The van der Waals surface area contributed by atoms with Crippen LogP contribution >= 0.6 is 0 Å². The first kappa shape index (κ1) is 11.0. The smallest absolute Gasteiger partial charge is 0.244 e. The van der Waals surface area contributed by atoms with E-state index in [2.05, 4.69) is 20.4 Å². The predicted octanol–water partition coefficient (Wildman–Crippen LogP) is 1.88. The molecule has 0 saturated heterocycles. The molecule has 1 atom stereocenters. The van der Waals surface area contributed by atoms with Gasteiger partial charge in [-0.25, -0.2) is 0 Å². The van der Waals surface area contributed by atoms with E-state index in [0.29, 0.717) is 11.5 Å². The summed E-state index contributed by atoms with van der Waals surface area (Å²) >= 11 is 0. The molecule has 0 spiro atoms. The summed E-state index contributed by atoms with van der Waals surface area (Å²) in [7, 11) is 0. The lowest BCUT2D eigenvalue weighted by Gasteiger charge is -2.16. The molecule has 0 fully saturated rings. The molecule has 2 N–H and O–H groups in total. The van der Waals surface area contributed by atoms with Gasteiger partial charge < -0.3 is 5.73 Å². The first-order valence-corrected chi connectivity index (χ1v) is 4.13. The van der Waals surface area contributed by atoms with Gasteiger partial charge in [-0.2, -0.15) is 0 Å². The Morgan fingerprint density at radius 2 is 1.92 bits per heavy atom. The first-order valence-electron chi connectivity index (χ1n) is 4.13. The van der Waals surface area contributed by atoms with Gasteiger partial charge in [-0.3, -0.25) is 4.79 Å². The van der Waals surface area contributed by atoms with Crippen molar-refractivity contribution in [2.45, 2.75) is 20.8 Å². The highest BCUT2D eigenvalue weighted by Gasteiger charge is 2.16. The highest BCUT2D eigenvalue weighted by molar-refractivity contribution is 5.92. The third-order valence-electron chi connectivity index (χ3n) is 2.07. The number of allylic oxidation sites excluding steroid dienone is 2. The van der Waals surface area contributed by atoms with Gasteiger partial charge >= 0.3 is 0 Å². The molecule has 0 bridgehead atoms. The third kappa shape index (κ3) is 2.91. The van der Waals surface area contributed by atoms with Crippen LogP contribution in [0.2, 0.25) is 0 Å². The van der Waals surface area contributed by atoms with Crippen LogP contribution in [0.25, 0.3) is 0 Å². The van der Waals surface area contributed by atoms with Crippen LogP contribution in [0.5, 0.6) is 0 Å². The lowest BCUT2D eigenvalue weighted by Crippen LogP contribution is -2.21. The van der Waals surface area contributed by atoms with Crippen molar-refractivity contribution >= 4 is 5.91 Å². The summed E-state index contributed by atoms with van der Waals surface area (Å²) in [5.41, 5.74) is 5.86. The standard InChI is InChI=1S/C10H17NO/c1-5-6-9(10(11)12)8(4)7(2)3/h5-8H,1H2,2-4H3,(H2,11,12)/b9-6+. The largest absolute Gasteiger partial charge is 0.366 e. The third-order valence-corrected chi connectivity index (χ3v) is 2.07. The fourth-order valence-corrected chi connectivity index (χ4v) is 0.944. The van der Waals surface area contributed by atoms with Crippen molar-refractivity contribution in [3.63, 3.8) is 0 Å². The van der Waals surface area contributed by atoms with E-state index in [4.69, 9.17) is 5.73 Å². The number of primary amides is 1. The number of carbonyl (C=O) groups excluding carboxylic acids is 1. The molecule has 0 heterocycles. The second-order valence-corrected chi connectivity index (χ2v) is 3.25. The zero-order valence-electron chi connectivity index (χ0n) is 8.00. The normalized spacial score (nSPS) is 14.5. The maximum absolute atomic E-state index is 10.9. The molecular weight excluding hydrogens is 150 g/mol. The van der Waals surface area contributed by atoms with Crippen molar-refractivity contribution in [2.75, 3.05) is 0 Å². The van der Waals surface area contributed by atoms with Gasteiger partial charge in [-0.15, -0.1) is 0 Å². The number of amides is 1. The zero-order valence-corrected chi connectivity index (χ0v) is 8.00. The van der Waals surface area contributed by atoms with Gasteiger partial charge in [-0.1, -0.05) is 39.5 Å². The van der Waals surface area contributed by atoms with Crippen molar-refractivity contribution in [3.8, 4) is 0 Å². The van der Waals surface area contributed by atoms with E-state index >= 15 is 0 Å². The Morgan fingerprint density at radius 3 is 2.17 bits per heavy atom. The van der Waals surface area contributed by atoms with Gasteiger partial charge in [0.2, 0.25) is 5.91 Å². The molecule has 1 unspecified atom stereocenters. The maximum atomic E-state index is 10.9. The molecule has 0 aliphatic rings. The van der Waals surface area contributed by atoms with Crippen LogP contribution in [-0.2, 0) is 4.79 Å². The van der Waals surface area contributed by atoms with E-state index in [9.17, 15) is 4.79 Å². The van der Waals surface area contributed by atoms with Crippen molar-refractivity contribution in [1.29, 1.82) is 0 Å². The number of carbonyl (C=O) groups is 1. The van der Waals surface area contributed by atoms with E-state index in [1.165, 1.54) is 0 Å². The summed E-state index contributed by atoms with van der Waals surface area (Å²) in [5.74, 6) is 0.264. The summed E-state index contributed by atoms with van der Waals surface area (Å²) < 4.78 is 0. The summed E-state index contributed by atoms with van der Waals surface area (Å²) in [6.07, 6.45) is 3.28. The van der Waals surface area contributed by atoms with Crippen LogP contribution < -0.4 is 5.73 Å². The van der Waals surface area contributed by atoms with Gasteiger partial charge in [0.1, 0.15) is 0 Å². The summed E-state index contributed by atoms with van der Waals surface area (Å²) in [4.78, 5) is 10.9. The molecule has 0 aromatic heterocycles. The van der Waals surface area contributed by atoms with E-state index in [1.54, 1.807) is 12.2 Å². The van der Waals surface area contributed by atoms with E-state index in [-0.39, 0.29) is 11.8 Å². The van der Waals surface area contributed by atoms with Crippen LogP contribution in [0.15, 0.2) is 24.3 Å². The van der Waals surface area contributed by atoms with Crippen LogP contribution in [-0.4, -0.2) is 5.91 Å². The van der Waals surface area contributed by atoms with Crippen molar-refractivity contribution in [2.24, 2.45) is 17.6 Å². The SMILES string of the molecule is C=C/C=C(/C(N)=O)C(C)C(C)C. The molecule has 0 aliphatic heterocycles. The maximum Gasteiger partial charge on any atom is 0.244 e. The molecule has 0 radical (unpaired) electrons. The number of nitrogens with two attached hydrogens (primary N) is 1. The number of hydrogen-bond acceptors (Lipinski definition) is 1. The lowest BCUT2D eigenvalue weighted by atomic mass is 9.89. The molecule has 0 aliphatic carbocycles. The average Bonchev–Trinajstić information content (AvgIpc) is 1.98. The first-order chi connectivity index (χ1) is 5.50. The van der Waals surface area contributed by atoms with Gasteiger partial charge in [0.15, 0.2) is 0 Å². The predicted molar refractivity (Wildman–Crippen MR) is 51.5 cm³/mol. The fourth-order valence-electron chi connectivity index (χ4n) is 0.944. The molecular formula is C10H17NO. The van der Waals surface area contributed by atoms with Crippen LogP contribution in [0.4, 0.5) is 0 Å². The molecule has 2 nitrogen and oxygen atoms in total. The molecule has 0 saturated carbocycles. The Bertz CT molecular complexity index is 204. The minimum absolute atomic E-state index is 0.195. The quantitative estimate of drug-likeness (QED) is 0.504. The van der Waals surface area contributed by atoms with E-state index in [0.717, 1.165) is 0 Å². The van der Waals surface area contributed by atoms with Gasteiger partial charge in [0.05, 0.1) is 0 Å². The minimum Gasteiger partial charge on any atom is -0.366 e. The number of hydrogen-bond donors (Lipinski definition) is 1. The Balaban J connectivity index is 4.63. The zero-order chi connectivity index (χ0) is 9.72. The topological polar surface area (TPSA) is 43.1 Å². The van der Waals surface area contributed by atoms with Crippen molar-refractivity contribution in [3.05, 3.63) is 24.3 Å². The van der Waals surface area contributed by atoms with Crippen LogP contribution in [0.3, 0.4) is 0 Å². The Hall–Kier alpha value is -1.05. The number of rotatable bonds is 4. The van der Waals surface area contributed by atoms with Gasteiger partial charge in [0.25, 0.3) is 0 Å². The molecule has 68 valence electrons. The molecule has 1 amide bonds. The van der Waals surface area contributed by atoms with Crippen LogP contribution in [0.1, 0.15) is 20.8 Å². The van der Waals surface area contributed by atoms with Crippen LogP contribution in [0, 0.1) is 11.8 Å². The molecule has 2 heteroatoms. The molecule has 0 aromatic rings. The van der Waals surface area contributed by atoms with E-state index in [1.807, 2.05) is 6.92 Å². The van der Waals surface area contributed by atoms with Crippen molar-refractivity contribution in [1.82, 2.24) is 0 Å². The average molecular weight is 167 g/mol. The Labute approximate surface area is 74.1 Å². The van der Waals surface area contributed by atoms with E-state index < -0.39 is 0 Å². The second kappa shape index (κ2) is 4.75. The van der Waals surface area contributed by atoms with Crippen molar-refractivity contribution < 1.29 is 4.79 Å².